The van der Waals surface area contributed by atoms with Crippen LogP contribution in [0.25, 0.3) is 0 Å². The largest absolute Gasteiger partial charge is 0.419 e. The van der Waals surface area contributed by atoms with Crippen LogP contribution in [0, 0.1) is 5.82 Å². The van der Waals surface area contributed by atoms with Crippen molar-refractivity contribution in [2.75, 3.05) is 7.05 Å². The molecule has 1 unspecified atom stereocenters. The molecule has 21 heavy (non-hydrogen) atoms. The zero-order valence-corrected chi connectivity index (χ0v) is 12.2. The van der Waals surface area contributed by atoms with Crippen molar-refractivity contribution in [3.05, 3.63) is 57.5 Å². The van der Waals surface area contributed by atoms with Crippen molar-refractivity contribution >= 4 is 11.3 Å². The lowest BCUT2D eigenvalue weighted by Gasteiger charge is -2.18. The molecule has 0 bridgehead atoms. The molecule has 1 nitrogen and oxygen atoms in total. The summed E-state index contributed by atoms with van der Waals surface area (Å²) in [5, 5.41) is 4.96. The van der Waals surface area contributed by atoms with Gasteiger partial charge < -0.3 is 5.32 Å². The average molecular weight is 317 g/mol. The van der Waals surface area contributed by atoms with Crippen LogP contribution >= 0.6 is 11.3 Å². The predicted octanol–water partition coefficient (Wildman–Crippen LogP) is 4.80. The van der Waals surface area contributed by atoms with Crippen LogP contribution in [0.3, 0.4) is 0 Å². The van der Waals surface area contributed by atoms with E-state index in [4.69, 9.17) is 0 Å². The number of rotatable bonds is 5. The molecular formula is C15H15F4NS. The van der Waals surface area contributed by atoms with E-state index in [9.17, 15) is 17.6 Å². The summed E-state index contributed by atoms with van der Waals surface area (Å²) in [7, 11) is 1.69. The predicted molar refractivity (Wildman–Crippen MR) is 75.8 cm³/mol. The molecule has 0 saturated carbocycles. The summed E-state index contributed by atoms with van der Waals surface area (Å²) >= 11 is 1.61. The smallest absolute Gasteiger partial charge is 0.313 e. The third-order valence-corrected chi connectivity index (χ3v) is 4.24. The number of alkyl halides is 3. The van der Waals surface area contributed by atoms with E-state index in [0.717, 1.165) is 18.6 Å². The summed E-state index contributed by atoms with van der Waals surface area (Å²) in [4.78, 5) is 1.17. The van der Waals surface area contributed by atoms with Gasteiger partial charge >= 0.3 is 6.18 Å². The van der Waals surface area contributed by atoms with Gasteiger partial charge in [-0.05, 0) is 49.0 Å². The Kier molecular flexibility index (Phi) is 5.00. The van der Waals surface area contributed by atoms with Crippen molar-refractivity contribution in [2.45, 2.75) is 25.1 Å². The maximum Gasteiger partial charge on any atom is 0.419 e. The van der Waals surface area contributed by atoms with Crippen molar-refractivity contribution in [3.63, 3.8) is 0 Å². The zero-order chi connectivity index (χ0) is 15.5. The summed E-state index contributed by atoms with van der Waals surface area (Å²) in [5.74, 6) is -1.24. The van der Waals surface area contributed by atoms with Gasteiger partial charge in [-0.25, -0.2) is 4.39 Å². The average Bonchev–Trinajstić information content (AvgIpc) is 2.93. The van der Waals surface area contributed by atoms with Crippen LogP contribution in [-0.4, -0.2) is 7.05 Å². The highest BCUT2D eigenvalue weighted by Gasteiger charge is 2.34. The minimum Gasteiger partial charge on any atom is -0.313 e. The van der Waals surface area contributed by atoms with Crippen molar-refractivity contribution in [1.82, 2.24) is 5.32 Å². The molecule has 0 amide bonds. The van der Waals surface area contributed by atoms with Crippen LogP contribution in [0.15, 0.2) is 35.7 Å². The van der Waals surface area contributed by atoms with Gasteiger partial charge in [0.2, 0.25) is 0 Å². The maximum absolute atomic E-state index is 13.3. The van der Waals surface area contributed by atoms with Gasteiger partial charge in [-0.3, -0.25) is 0 Å². The molecular weight excluding hydrogens is 302 g/mol. The normalized spacial score (nSPS) is 13.4. The Morgan fingerprint density at radius 3 is 2.57 bits per heavy atom. The first kappa shape index (κ1) is 16.0. The summed E-state index contributed by atoms with van der Waals surface area (Å²) in [5.41, 5.74) is -0.765. The van der Waals surface area contributed by atoms with E-state index in [-0.39, 0.29) is 6.04 Å². The molecule has 0 spiro atoms. The minimum absolute atomic E-state index is 0.242. The van der Waals surface area contributed by atoms with Gasteiger partial charge in [-0.15, -0.1) is 11.3 Å². The van der Waals surface area contributed by atoms with E-state index in [1.54, 1.807) is 18.4 Å². The van der Waals surface area contributed by atoms with Crippen LogP contribution in [-0.2, 0) is 12.6 Å². The Balaban J connectivity index is 2.18. The molecule has 2 aromatic rings. The van der Waals surface area contributed by atoms with Gasteiger partial charge in [0, 0.05) is 10.9 Å². The van der Waals surface area contributed by atoms with Gasteiger partial charge in [0.05, 0.1) is 5.56 Å². The zero-order valence-electron chi connectivity index (χ0n) is 11.4. The summed E-state index contributed by atoms with van der Waals surface area (Å²) in [6, 6.07) is 6.87. The van der Waals surface area contributed by atoms with Gasteiger partial charge in [-0.2, -0.15) is 13.2 Å². The molecule has 2 rings (SSSR count). The SMILES string of the molecule is CNC(CCc1cccs1)c1ccc(F)c(C(F)(F)F)c1. The summed E-state index contributed by atoms with van der Waals surface area (Å²) in [6.45, 7) is 0. The Labute approximate surface area is 124 Å². The second kappa shape index (κ2) is 6.58. The topological polar surface area (TPSA) is 12.0 Å². The Morgan fingerprint density at radius 1 is 1.24 bits per heavy atom. The van der Waals surface area contributed by atoms with Crippen molar-refractivity contribution in [3.8, 4) is 0 Å². The second-order valence-electron chi connectivity index (χ2n) is 4.70. The second-order valence-corrected chi connectivity index (χ2v) is 5.73. The highest BCUT2D eigenvalue weighted by Crippen LogP contribution is 2.33. The van der Waals surface area contributed by atoms with Crippen LogP contribution < -0.4 is 5.32 Å². The van der Waals surface area contributed by atoms with Gasteiger partial charge in [0.15, 0.2) is 0 Å². The number of benzene rings is 1. The molecule has 114 valence electrons. The molecule has 0 fully saturated rings. The third kappa shape index (κ3) is 4.04. The number of aryl methyl sites for hydroxylation is 1. The molecule has 1 N–H and O–H groups in total. The van der Waals surface area contributed by atoms with Crippen molar-refractivity contribution in [2.24, 2.45) is 0 Å². The quantitative estimate of drug-likeness (QED) is 0.781. The van der Waals surface area contributed by atoms with Gasteiger partial charge in [0.1, 0.15) is 5.82 Å². The molecule has 0 aliphatic rings. The highest BCUT2D eigenvalue weighted by atomic mass is 32.1. The van der Waals surface area contributed by atoms with Crippen LogP contribution in [0.1, 0.15) is 28.5 Å². The maximum atomic E-state index is 13.3. The number of hydrogen-bond acceptors (Lipinski definition) is 2. The summed E-state index contributed by atoms with van der Waals surface area (Å²) < 4.78 is 51.5. The molecule has 0 saturated heterocycles. The number of hydrogen-bond donors (Lipinski definition) is 1. The minimum atomic E-state index is -4.67. The van der Waals surface area contributed by atoms with Crippen molar-refractivity contribution < 1.29 is 17.6 Å². The monoisotopic (exact) mass is 317 g/mol. The van der Waals surface area contributed by atoms with E-state index < -0.39 is 17.6 Å². The Hall–Kier alpha value is -1.40. The van der Waals surface area contributed by atoms with E-state index in [1.807, 2.05) is 17.5 Å². The van der Waals surface area contributed by atoms with Gasteiger partial charge in [0.25, 0.3) is 0 Å². The van der Waals surface area contributed by atoms with E-state index in [2.05, 4.69) is 5.32 Å². The molecule has 6 heteroatoms. The fourth-order valence-corrected chi connectivity index (χ4v) is 2.92. The van der Waals surface area contributed by atoms with Crippen LogP contribution in [0.5, 0.6) is 0 Å². The standard InChI is InChI=1S/C15H15F4NS/c1-20-14(7-5-11-3-2-8-21-11)10-4-6-13(16)12(9-10)15(17,18)19/h2-4,6,8-9,14,20H,5,7H2,1H3. The molecule has 0 aliphatic carbocycles. The first-order valence-corrected chi connectivity index (χ1v) is 7.36. The number of nitrogens with one attached hydrogen (secondary N) is 1. The number of thiophene rings is 1. The first-order valence-electron chi connectivity index (χ1n) is 6.48. The lowest BCUT2D eigenvalue weighted by Crippen LogP contribution is -2.18. The molecule has 1 aromatic heterocycles. The molecule has 1 aromatic carbocycles. The molecule has 1 heterocycles. The highest BCUT2D eigenvalue weighted by molar-refractivity contribution is 7.09. The molecule has 0 aliphatic heterocycles. The van der Waals surface area contributed by atoms with E-state index >= 15 is 0 Å². The number of halogens is 4. The van der Waals surface area contributed by atoms with Crippen LogP contribution in [0.4, 0.5) is 17.6 Å². The third-order valence-electron chi connectivity index (χ3n) is 3.31. The fourth-order valence-electron chi connectivity index (χ4n) is 2.20. The Morgan fingerprint density at radius 2 is 2.00 bits per heavy atom. The molecule has 0 radical (unpaired) electrons. The van der Waals surface area contributed by atoms with Crippen LogP contribution in [0.2, 0.25) is 0 Å². The van der Waals surface area contributed by atoms with Gasteiger partial charge in [-0.1, -0.05) is 12.1 Å². The lowest BCUT2D eigenvalue weighted by molar-refractivity contribution is -0.140. The fraction of sp³-hybridized carbons (Fsp3) is 0.333. The first-order chi connectivity index (χ1) is 9.91. The Bertz CT molecular complexity index is 578. The molecule has 1 atom stereocenters. The lowest BCUT2D eigenvalue weighted by atomic mass is 9.99. The van der Waals surface area contributed by atoms with E-state index in [1.165, 1.54) is 10.9 Å². The summed E-state index contributed by atoms with van der Waals surface area (Å²) in [6.07, 6.45) is -3.26. The van der Waals surface area contributed by atoms with Crippen molar-refractivity contribution in [1.29, 1.82) is 0 Å². The van der Waals surface area contributed by atoms with E-state index in [0.29, 0.717) is 12.0 Å².